The van der Waals surface area contributed by atoms with Crippen molar-refractivity contribution in [2.45, 2.75) is 20.8 Å². The van der Waals surface area contributed by atoms with Crippen molar-refractivity contribution in [1.29, 1.82) is 0 Å². The molecule has 0 aliphatic carbocycles. The molecule has 2 aromatic carbocycles. The lowest BCUT2D eigenvalue weighted by atomic mass is 10.1. The lowest BCUT2D eigenvalue weighted by molar-refractivity contribution is -0.113. The molecule has 1 amide bonds. The van der Waals surface area contributed by atoms with Gasteiger partial charge in [0.2, 0.25) is 0 Å². The molecule has 1 fully saturated rings. The SMILES string of the molecule is Cc1ccc(/C=C2\SC(=S)N(c3cccc(C)c3C)C2=O)cc1. The molecule has 0 saturated carbocycles. The first-order chi connectivity index (χ1) is 11.0. The summed E-state index contributed by atoms with van der Waals surface area (Å²) in [5.41, 5.74) is 5.32. The van der Waals surface area contributed by atoms with Crippen LogP contribution in [0.2, 0.25) is 0 Å². The van der Waals surface area contributed by atoms with E-state index in [-0.39, 0.29) is 5.91 Å². The molecule has 2 aromatic rings. The number of carbonyl (C=O) groups is 1. The summed E-state index contributed by atoms with van der Waals surface area (Å²) in [5, 5.41) is 0. The molecular weight excluding hydrogens is 322 g/mol. The molecule has 0 radical (unpaired) electrons. The summed E-state index contributed by atoms with van der Waals surface area (Å²) in [6.45, 7) is 6.11. The van der Waals surface area contributed by atoms with E-state index >= 15 is 0 Å². The van der Waals surface area contributed by atoms with Gasteiger partial charge in [-0.25, -0.2) is 0 Å². The largest absolute Gasteiger partial charge is 0.270 e. The Kier molecular flexibility index (Phi) is 4.37. The van der Waals surface area contributed by atoms with Crippen LogP contribution in [-0.2, 0) is 4.79 Å². The van der Waals surface area contributed by atoms with E-state index in [0.29, 0.717) is 9.23 Å². The number of aryl methyl sites for hydroxylation is 2. The number of benzene rings is 2. The molecule has 0 atom stereocenters. The van der Waals surface area contributed by atoms with Crippen molar-refractivity contribution in [3.05, 3.63) is 69.6 Å². The Morgan fingerprint density at radius 2 is 1.74 bits per heavy atom. The number of carbonyl (C=O) groups excluding carboxylic acids is 1. The molecular formula is C19H17NOS2. The number of thiocarbonyl (C=S) groups is 1. The van der Waals surface area contributed by atoms with Crippen LogP contribution in [0.25, 0.3) is 6.08 Å². The third kappa shape index (κ3) is 3.09. The van der Waals surface area contributed by atoms with Gasteiger partial charge in [0, 0.05) is 0 Å². The summed E-state index contributed by atoms with van der Waals surface area (Å²) in [7, 11) is 0. The van der Waals surface area contributed by atoms with Crippen molar-refractivity contribution < 1.29 is 4.79 Å². The third-order valence-electron chi connectivity index (χ3n) is 3.99. The lowest BCUT2D eigenvalue weighted by Crippen LogP contribution is -2.28. The predicted octanol–water partition coefficient (Wildman–Crippen LogP) is 5.02. The number of hydrogen-bond acceptors (Lipinski definition) is 3. The fourth-order valence-corrected chi connectivity index (χ4v) is 3.75. The number of hydrogen-bond donors (Lipinski definition) is 0. The van der Waals surface area contributed by atoms with Crippen LogP contribution < -0.4 is 4.90 Å². The molecule has 4 heteroatoms. The van der Waals surface area contributed by atoms with Crippen molar-refractivity contribution in [3.63, 3.8) is 0 Å². The van der Waals surface area contributed by atoms with E-state index < -0.39 is 0 Å². The molecule has 0 unspecified atom stereocenters. The minimum absolute atomic E-state index is 0.0470. The molecule has 2 nitrogen and oxygen atoms in total. The zero-order valence-electron chi connectivity index (χ0n) is 13.3. The van der Waals surface area contributed by atoms with E-state index in [1.807, 2.05) is 69.3 Å². The van der Waals surface area contributed by atoms with Crippen molar-refractivity contribution >= 4 is 46.0 Å². The van der Waals surface area contributed by atoms with E-state index in [0.717, 1.165) is 22.4 Å². The maximum absolute atomic E-state index is 12.8. The minimum Gasteiger partial charge on any atom is -0.268 e. The molecule has 3 rings (SSSR count). The van der Waals surface area contributed by atoms with Crippen LogP contribution in [0.4, 0.5) is 5.69 Å². The molecule has 1 aliphatic heterocycles. The summed E-state index contributed by atoms with van der Waals surface area (Å²) >= 11 is 6.80. The molecule has 0 N–H and O–H groups in total. The quantitative estimate of drug-likeness (QED) is 0.566. The molecule has 1 heterocycles. The Morgan fingerprint density at radius 3 is 2.43 bits per heavy atom. The third-order valence-corrected chi connectivity index (χ3v) is 5.29. The predicted molar refractivity (Wildman–Crippen MR) is 103 cm³/mol. The van der Waals surface area contributed by atoms with Gasteiger partial charge in [-0.05, 0) is 49.6 Å². The molecule has 23 heavy (non-hydrogen) atoms. The van der Waals surface area contributed by atoms with Crippen molar-refractivity contribution in [1.82, 2.24) is 0 Å². The Labute approximate surface area is 146 Å². The van der Waals surface area contributed by atoms with Crippen LogP contribution in [0, 0.1) is 20.8 Å². The Hall–Kier alpha value is -1.91. The van der Waals surface area contributed by atoms with Gasteiger partial charge in [0.25, 0.3) is 5.91 Å². The van der Waals surface area contributed by atoms with E-state index in [1.165, 1.54) is 17.3 Å². The van der Waals surface area contributed by atoms with Crippen LogP contribution in [-0.4, -0.2) is 10.2 Å². The highest BCUT2D eigenvalue weighted by atomic mass is 32.2. The van der Waals surface area contributed by atoms with Gasteiger partial charge in [-0.3, -0.25) is 9.69 Å². The monoisotopic (exact) mass is 339 g/mol. The van der Waals surface area contributed by atoms with Crippen molar-refractivity contribution in [2.75, 3.05) is 4.90 Å². The normalized spacial score (nSPS) is 16.5. The minimum atomic E-state index is -0.0470. The highest BCUT2D eigenvalue weighted by Gasteiger charge is 2.34. The smallest absolute Gasteiger partial charge is 0.268 e. The summed E-state index contributed by atoms with van der Waals surface area (Å²) in [4.78, 5) is 15.1. The van der Waals surface area contributed by atoms with Crippen LogP contribution in [0.15, 0.2) is 47.4 Å². The Bertz CT molecular complexity index is 822. The zero-order valence-corrected chi connectivity index (χ0v) is 14.9. The molecule has 0 bridgehead atoms. The first kappa shape index (κ1) is 16.0. The van der Waals surface area contributed by atoms with Crippen molar-refractivity contribution in [3.8, 4) is 0 Å². The maximum Gasteiger partial charge on any atom is 0.270 e. The highest BCUT2D eigenvalue weighted by Crippen LogP contribution is 2.37. The van der Waals surface area contributed by atoms with Gasteiger partial charge in [-0.1, -0.05) is 65.9 Å². The fourth-order valence-electron chi connectivity index (χ4n) is 2.47. The second-order valence-corrected chi connectivity index (χ2v) is 7.32. The number of rotatable bonds is 2. The second-order valence-electron chi connectivity index (χ2n) is 5.65. The van der Waals surface area contributed by atoms with Crippen LogP contribution >= 0.6 is 24.0 Å². The van der Waals surface area contributed by atoms with E-state index in [4.69, 9.17) is 12.2 Å². The average molecular weight is 339 g/mol. The summed E-state index contributed by atoms with van der Waals surface area (Å²) < 4.78 is 0.585. The van der Waals surface area contributed by atoms with Crippen LogP contribution in [0.3, 0.4) is 0 Å². The summed E-state index contributed by atoms with van der Waals surface area (Å²) in [5.74, 6) is -0.0470. The Balaban J connectivity index is 1.97. The Morgan fingerprint density at radius 1 is 1.04 bits per heavy atom. The lowest BCUT2D eigenvalue weighted by Gasteiger charge is -2.18. The number of anilines is 1. The van der Waals surface area contributed by atoms with Gasteiger partial charge >= 0.3 is 0 Å². The van der Waals surface area contributed by atoms with Crippen molar-refractivity contribution in [2.24, 2.45) is 0 Å². The summed E-state index contributed by atoms with van der Waals surface area (Å²) in [6, 6.07) is 14.1. The standard InChI is InChI=1S/C19H17NOS2/c1-12-7-9-15(10-8-12)11-17-18(21)20(19(22)23-17)16-6-4-5-13(2)14(16)3/h4-11H,1-3H3/b17-11-. The molecule has 0 aromatic heterocycles. The highest BCUT2D eigenvalue weighted by molar-refractivity contribution is 8.27. The summed E-state index contributed by atoms with van der Waals surface area (Å²) in [6.07, 6.45) is 1.91. The first-order valence-electron chi connectivity index (χ1n) is 7.38. The van der Waals surface area contributed by atoms with Crippen LogP contribution in [0.5, 0.6) is 0 Å². The zero-order chi connectivity index (χ0) is 16.6. The van der Waals surface area contributed by atoms with Gasteiger partial charge in [-0.15, -0.1) is 0 Å². The van der Waals surface area contributed by atoms with Crippen LogP contribution in [0.1, 0.15) is 22.3 Å². The van der Waals surface area contributed by atoms with Gasteiger partial charge in [0.1, 0.15) is 0 Å². The molecule has 1 aliphatic rings. The number of amides is 1. The number of nitrogens with zero attached hydrogens (tertiary/aromatic N) is 1. The van der Waals surface area contributed by atoms with Gasteiger partial charge in [0.05, 0.1) is 10.6 Å². The maximum atomic E-state index is 12.8. The first-order valence-corrected chi connectivity index (χ1v) is 8.60. The van der Waals surface area contributed by atoms with Gasteiger partial charge in [-0.2, -0.15) is 0 Å². The van der Waals surface area contributed by atoms with E-state index in [2.05, 4.69) is 0 Å². The average Bonchev–Trinajstić information content (AvgIpc) is 2.79. The van der Waals surface area contributed by atoms with E-state index in [9.17, 15) is 4.79 Å². The number of thioether (sulfide) groups is 1. The van der Waals surface area contributed by atoms with E-state index in [1.54, 1.807) is 4.90 Å². The van der Waals surface area contributed by atoms with Gasteiger partial charge in [0.15, 0.2) is 4.32 Å². The topological polar surface area (TPSA) is 20.3 Å². The van der Waals surface area contributed by atoms with Gasteiger partial charge < -0.3 is 0 Å². The molecule has 1 saturated heterocycles. The molecule has 116 valence electrons. The molecule has 0 spiro atoms. The second kappa shape index (κ2) is 6.30. The fraction of sp³-hybridized carbons (Fsp3) is 0.158.